The summed E-state index contributed by atoms with van der Waals surface area (Å²) >= 11 is 0. The summed E-state index contributed by atoms with van der Waals surface area (Å²) in [6, 6.07) is 17.5. The van der Waals surface area contributed by atoms with Crippen molar-refractivity contribution in [1.29, 1.82) is 0 Å². The molecule has 1 heterocycles. The van der Waals surface area contributed by atoms with Gasteiger partial charge >= 0.3 is 0 Å². The minimum Gasteiger partial charge on any atom is -0.325 e. The monoisotopic (exact) mass is 364 g/mol. The molecule has 7 heteroatoms. The molecule has 0 fully saturated rings. The third kappa shape index (κ3) is 4.98. The van der Waals surface area contributed by atoms with E-state index < -0.39 is 0 Å². The molecule has 3 aromatic rings. The maximum Gasteiger partial charge on any atom is 0.238 e. The molecule has 0 aliphatic rings. The summed E-state index contributed by atoms with van der Waals surface area (Å²) in [5, 5.41) is 15.0. The number of rotatable bonds is 8. The largest absolute Gasteiger partial charge is 0.325 e. The summed E-state index contributed by atoms with van der Waals surface area (Å²) in [6.07, 6.45) is 0.935. The van der Waals surface area contributed by atoms with Crippen molar-refractivity contribution in [1.82, 2.24) is 25.1 Å². The smallest absolute Gasteiger partial charge is 0.238 e. The molecule has 0 radical (unpaired) electrons. The lowest BCUT2D eigenvalue weighted by atomic mass is 10.2. The standard InChI is InChI=1S/C20H24N6O/c1-3-13-25(15-20(27)21-18-12-8-7-9-16(18)2)14-19-22-23-24-26(19)17-10-5-4-6-11-17/h4-12H,3,13-15H2,1-2H3,(H,21,27). The third-order valence-corrected chi connectivity index (χ3v) is 4.23. The van der Waals surface area contributed by atoms with E-state index in [0.717, 1.165) is 29.9 Å². The van der Waals surface area contributed by atoms with Gasteiger partial charge in [0, 0.05) is 5.69 Å². The van der Waals surface area contributed by atoms with Crippen LogP contribution < -0.4 is 5.32 Å². The Hall–Kier alpha value is -3.06. The predicted octanol–water partition coefficient (Wildman–Crippen LogP) is 2.82. The lowest BCUT2D eigenvalue weighted by Gasteiger charge is -2.20. The average molecular weight is 364 g/mol. The van der Waals surface area contributed by atoms with E-state index in [9.17, 15) is 4.79 Å². The Morgan fingerprint density at radius 1 is 1.11 bits per heavy atom. The Balaban J connectivity index is 1.69. The molecule has 27 heavy (non-hydrogen) atoms. The molecule has 0 saturated heterocycles. The van der Waals surface area contributed by atoms with Crippen LogP contribution in [0.5, 0.6) is 0 Å². The Morgan fingerprint density at radius 3 is 2.59 bits per heavy atom. The molecule has 140 valence electrons. The zero-order valence-corrected chi connectivity index (χ0v) is 15.7. The van der Waals surface area contributed by atoms with Gasteiger partial charge in [0.1, 0.15) is 0 Å². The summed E-state index contributed by atoms with van der Waals surface area (Å²) in [4.78, 5) is 14.6. The van der Waals surface area contributed by atoms with Crippen LogP contribution in [-0.4, -0.2) is 44.1 Å². The number of anilines is 1. The van der Waals surface area contributed by atoms with E-state index in [0.29, 0.717) is 12.4 Å². The maximum atomic E-state index is 12.5. The van der Waals surface area contributed by atoms with E-state index in [2.05, 4.69) is 32.7 Å². The first-order chi connectivity index (χ1) is 13.2. The first-order valence-corrected chi connectivity index (χ1v) is 9.08. The van der Waals surface area contributed by atoms with E-state index in [1.54, 1.807) is 4.68 Å². The highest BCUT2D eigenvalue weighted by Gasteiger charge is 2.16. The summed E-state index contributed by atoms with van der Waals surface area (Å²) < 4.78 is 1.71. The van der Waals surface area contributed by atoms with Crippen LogP contribution in [-0.2, 0) is 11.3 Å². The molecule has 0 aliphatic heterocycles. The van der Waals surface area contributed by atoms with Gasteiger partial charge in [0.05, 0.1) is 18.8 Å². The first kappa shape index (κ1) is 18.7. The van der Waals surface area contributed by atoms with Crippen LogP contribution in [0.3, 0.4) is 0 Å². The number of carbonyl (C=O) groups is 1. The van der Waals surface area contributed by atoms with Gasteiger partial charge < -0.3 is 5.32 Å². The van der Waals surface area contributed by atoms with Crippen LogP contribution in [0.15, 0.2) is 54.6 Å². The van der Waals surface area contributed by atoms with Crippen molar-refractivity contribution >= 4 is 11.6 Å². The zero-order chi connectivity index (χ0) is 19.1. The quantitative estimate of drug-likeness (QED) is 0.665. The highest BCUT2D eigenvalue weighted by Crippen LogP contribution is 2.14. The van der Waals surface area contributed by atoms with Crippen molar-refractivity contribution in [3.05, 3.63) is 66.0 Å². The van der Waals surface area contributed by atoms with Crippen LogP contribution >= 0.6 is 0 Å². The van der Waals surface area contributed by atoms with Crippen LogP contribution in [0.2, 0.25) is 0 Å². The molecule has 0 unspecified atom stereocenters. The highest BCUT2D eigenvalue weighted by molar-refractivity contribution is 5.92. The van der Waals surface area contributed by atoms with Gasteiger partial charge in [0.2, 0.25) is 5.91 Å². The summed E-state index contributed by atoms with van der Waals surface area (Å²) in [5.74, 6) is 0.662. The van der Waals surface area contributed by atoms with Crippen molar-refractivity contribution < 1.29 is 4.79 Å². The number of nitrogens with zero attached hydrogens (tertiary/aromatic N) is 5. The molecule has 3 rings (SSSR count). The number of nitrogens with one attached hydrogen (secondary N) is 1. The second-order valence-corrected chi connectivity index (χ2v) is 6.42. The summed E-state index contributed by atoms with van der Waals surface area (Å²) in [7, 11) is 0. The second kappa shape index (κ2) is 9.05. The van der Waals surface area contributed by atoms with Crippen LogP contribution in [0, 0.1) is 6.92 Å². The van der Waals surface area contributed by atoms with Gasteiger partial charge in [-0.3, -0.25) is 9.69 Å². The van der Waals surface area contributed by atoms with Crippen molar-refractivity contribution in [3.63, 3.8) is 0 Å². The molecule has 0 bridgehead atoms. The number of amides is 1. The molecule has 1 aromatic heterocycles. The fourth-order valence-corrected chi connectivity index (χ4v) is 2.91. The Kier molecular flexibility index (Phi) is 6.27. The number of tetrazole rings is 1. The number of aryl methyl sites for hydroxylation is 1. The van der Waals surface area contributed by atoms with Crippen LogP contribution in [0.25, 0.3) is 5.69 Å². The molecule has 0 atom stereocenters. The van der Waals surface area contributed by atoms with Gasteiger partial charge in [0.15, 0.2) is 5.82 Å². The number of benzene rings is 2. The van der Waals surface area contributed by atoms with Crippen molar-refractivity contribution in [3.8, 4) is 5.69 Å². The number of para-hydroxylation sites is 2. The summed E-state index contributed by atoms with van der Waals surface area (Å²) in [6.45, 7) is 5.63. The van der Waals surface area contributed by atoms with Gasteiger partial charge in [-0.05, 0) is 54.1 Å². The second-order valence-electron chi connectivity index (χ2n) is 6.42. The molecule has 2 aromatic carbocycles. The SMILES string of the molecule is CCCN(CC(=O)Nc1ccccc1C)Cc1nnnn1-c1ccccc1. The van der Waals surface area contributed by atoms with E-state index >= 15 is 0 Å². The molecule has 0 spiro atoms. The highest BCUT2D eigenvalue weighted by atomic mass is 16.2. The maximum absolute atomic E-state index is 12.5. The number of hydrogen-bond donors (Lipinski definition) is 1. The fraction of sp³-hybridized carbons (Fsp3) is 0.300. The average Bonchev–Trinajstić information content (AvgIpc) is 3.12. The predicted molar refractivity (Wildman–Crippen MR) is 105 cm³/mol. The topological polar surface area (TPSA) is 75.9 Å². The molecule has 1 N–H and O–H groups in total. The Labute approximate surface area is 159 Å². The Bertz CT molecular complexity index is 877. The third-order valence-electron chi connectivity index (χ3n) is 4.23. The van der Waals surface area contributed by atoms with Gasteiger partial charge in [-0.25, -0.2) is 0 Å². The summed E-state index contributed by atoms with van der Waals surface area (Å²) in [5.41, 5.74) is 2.78. The van der Waals surface area contributed by atoms with Crippen LogP contribution in [0.4, 0.5) is 5.69 Å². The van der Waals surface area contributed by atoms with E-state index in [1.807, 2.05) is 61.5 Å². The lowest BCUT2D eigenvalue weighted by molar-refractivity contribution is -0.117. The zero-order valence-electron chi connectivity index (χ0n) is 15.7. The van der Waals surface area contributed by atoms with Crippen molar-refractivity contribution in [2.24, 2.45) is 0 Å². The van der Waals surface area contributed by atoms with Gasteiger partial charge in [-0.1, -0.05) is 43.3 Å². The Morgan fingerprint density at radius 2 is 1.85 bits per heavy atom. The van der Waals surface area contributed by atoms with Crippen molar-refractivity contribution in [2.45, 2.75) is 26.8 Å². The van der Waals surface area contributed by atoms with Gasteiger partial charge in [0.25, 0.3) is 0 Å². The van der Waals surface area contributed by atoms with Gasteiger partial charge in [-0.2, -0.15) is 4.68 Å². The number of carbonyl (C=O) groups excluding carboxylic acids is 1. The molecule has 1 amide bonds. The lowest BCUT2D eigenvalue weighted by Crippen LogP contribution is -2.34. The number of aromatic nitrogens is 4. The van der Waals surface area contributed by atoms with Crippen molar-refractivity contribution in [2.75, 3.05) is 18.4 Å². The van der Waals surface area contributed by atoms with Gasteiger partial charge in [-0.15, -0.1) is 5.10 Å². The first-order valence-electron chi connectivity index (χ1n) is 9.08. The number of hydrogen-bond acceptors (Lipinski definition) is 5. The molecule has 7 nitrogen and oxygen atoms in total. The minimum atomic E-state index is -0.0449. The van der Waals surface area contributed by atoms with E-state index in [1.165, 1.54) is 0 Å². The minimum absolute atomic E-state index is 0.0449. The van der Waals surface area contributed by atoms with E-state index in [4.69, 9.17) is 0 Å². The molecular formula is C20H24N6O. The fourth-order valence-electron chi connectivity index (χ4n) is 2.91. The normalized spacial score (nSPS) is 10.9. The molecule has 0 saturated carbocycles. The van der Waals surface area contributed by atoms with E-state index in [-0.39, 0.29) is 12.5 Å². The molecular weight excluding hydrogens is 340 g/mol. The molecule has 0 aliphatic carbocycles. The van der Waals surface area contributed by atoms with Crippen LogP contribution in [0.1, 0.15) is 24.7 Å².